The lowest BCUT2D eigenvalue weighted by Gasteiger charge is -2.35. The number of anilines is 1. The van der Waals surface area contributed by atoms with Crippen LogP contribution in [-0.4, -0.2) is 104 Å². The largest absolute Gasteiger partial charge is 0.490 e. The van der Waals surface area contributed by atoms with E-state index in [0.717, 1.165) is 19.1 Å². The van der Waals surface area contributed by atoms with Crippen LogP contribution in [0.1, 0.15) is 50.4 Å². The second kappa shape index (κ2) is 14.2. The number of imidazole rings is 1. The highest BCUT2D eigenvalue weighted by atomic mass is 32.2. The van der Waals surface area contributed by atoms with Crippen molar-refractivity contribution >= 4 is 31.6 Å². The fourth-order valence-electron chi connectivity index (χ4n) is 4.57. The zero-order valence-corrected chi connectivity index (χ0v) is 26.7. The fourth-order valence-corrected chi connectivity index (χ4v) is 6.02. The molecule has 0 aliphatic carbocycles. The molecule has 1 aliphatic heterocycles. The number of aliphatic hydroxyl groups excluding tert-OH is 1. The lowest BCUT2D eigenvalue weighted by molar-refractivity contribution is -0.00828. The quantitative estimate of drug-likeness (QED) is 0.445. The van der Waals surface area contributed by atoms with Gasteiger partial charge in [0.2, 0.25) is 10.0 Å². The van der Waals surface area contributed by atoms with Gasteiger partial charge in [-0.15, -0.1) is 0 Å². The van der Waals surface area contributed by atoms with Crippen molar-refractivity contribution in [1.82, 2.24) is 18.8 Å². The number of aryl methyl sites for hydroxylation is 1. The summed E-state index contributed by atoms with van der Waals surface area (Å²) >= 11 is 0. The molecule has 13 nitrogen and oxygen atoms in total. The number of nitrogens with one attached hydrogen (secondary N) is 1. The van der Waals surface area contributed by atoms with Crippen molar-refractivity contribution in [2.45, 2.75) is 63.3 Å². The third-order valence-corrected chi connectivity index (χ3v) is 9.81. The minimum absolute atomic E-state index is 0.102. The predicted molar refractivity (Wildman–Crippen MR) is 158 cm³/mol. The zero-order valence-electron chi connectivity index (χ0n) is 25.1. The smallest absolute Gasteiger partial charge is 0.280 e. The van der Waals surface area contributed by atoms with E-state index < -0.39 is 38.1 Å². The van der Waals surface area contributed by atoms with Crippen molar-refractivity contribution in [3.8, 4) is 5.75 Å². The van der Waals surface area contributed by atoms with Gasteiger partial charge in [0.1, 0.15) is 5.75 Å². The van der Waals surface area contributed by atoms with Gasteiger partial charge in [-0.3, -0.25) is 9.52 Å². The van der Waals surface area contributed by atoms with Crippen molar-refractivity contribution in [3.05, 3.63) is 36.3 Å². The first kappa shape index (κ1) is 33.8. The average molecular weight is 630 g/mol. The average Bonchev–Trinajstić information content (AvgIpc) is 3.36. The van der Waals surface area contributed by atoms with E-state index in [0.29, 0.717) is 13.0 Å². The van der Waals surface area contributed by atoms with Crippen molar-refractivity contribution in [2.24, 2.45) is 13.0 Å². The van der Waals surface area contributed by atoms with E-state index in [1.54, 1.807) is 20.0 Å². The summed E-state index contributed by atoms with van der Waals surface area (Å²) in [5.41, 5.74) is 0.268. The Morgan fingerprint density at radius 3 is 2.55 bits per heavy atom. The molecule has 0 radical (unpaired) electrons. The maximum absolute atomic E-state index is 14.1. The lowest BCUT2D eigenvalue weighted by atomic mass is 10.0. The van der Waals surface area contributed by atoms with E-state index in [2.05, 4.69) is 9.71 Å². The Morgan fingerprint density at radius 2 is 1.93 bits per heavy atom. The van der Waals surface area contributed by atoms with Gasteiger partial charge < -0.3 is 24.0 Å². The van der Waals surface area contributed by atoms with Gasteiger partial charge in [0.15, 0.2) is 5.03 Å². The van der Waals surface area contributed by atoms with E-state index in [1.807, 2.05) is 13.8 Å². The fraction of sp³-hybridized carbons (Fsp3) is 0.630. The van der Waals surface area contributed by atoms with Gasteiger partial charge >= 0.3 is 0 Å². The summed E-state index contributed by atoms with van der Waals surface area (Å²) in [5, 5.41) is 9.89. The topological polar surface area (TPSA) is 160 Å². The van der Waals surface area contributed by atoms with Gasteiger partial charge in [-0.05, 0) is 51.3 Å². The van der Waals surface area contributed by atoms with Crippen LogP contribution in [0, 0.1) is 5.92 Å². The molecule has 4 atom stereocenters. The minimum atomic E-state index is -4.03. The van der Waals surface area contributed by atoms with Crippen molar-refractivity contribution in [2.75, 3.05) is 44.3 Å². The van der Waals surface area contributed by atoms with Crippen molar-refractivity contribution < 1.29 is 36.2 Å². The summed E-state index contributed by atoms with van der Waals surface area (Å²) in [5.74, 6) is -0.501. The van der Waals surface area contributed by atoms with E-state index in [1.165, 1.54) is 45.5 Å². The molecule has 0 saturated carbocycles. The molecule has 0 bridgehead atoms. The summed E-state index contributed by atoms with van der Waals surface area (Å²) in [6.45, 7) is 5.79. The van der Waals surface area contributed by atoms with Crippen LogP contribution >= 0.6 is 0 Å². The number of hydrogen-bond acceptors (Lipinski definition) is 9. The van der Waals surface area contributed by atoms with E-state index in [-0.39, 0.29) is 53.7 Å². The predicted octanol–water partition coefficient (Wildman–Crippen LogP) is 1.91. The van der Waals surface area contributed by atoms with Gasteiger partial charge in [0.25, 0.3) is 15.9 Å². The van der Waals surface area contributed by atoms with Gasteiger partial charge in [-0.2, -0.15) is 8.42 Å². The standard InChI is InChI=1S/C27H43N5O8S2/c1-19-14-32(20(2)17-33)27(34)23-13-22(29-42(37,38)26-16-30(4)18-28-26)10-11-24(23)40-21(3)9-7-8-12-39-25(19)15-31(5)41(6,35)36/h10-11,13,16,18-21,25,29,33H,7-9,12,14-15,17H2,1-6H3/t19-,20+,21+,25-/m0/s1. The Morgan fingerprint density at radius 1 is 1.21 bits per heavy atom. The minimum Gasteiger partial charge on any atom is -0.490 e. The maximum atomic E-state index is 14.1. The van der Waals surface area contributed by atoms with Gasteiger partial charge in [-0.25, -0.2) is 17.7 Å². The number of rotatable bonds is 8. The van der Waals surface area contributed by atoms with Crippen LogP contribution in [0.4, 0.5) is 5.69 Å². The molecule has 1 amide bonds. The Labute approximate surface area is 248 Å². The molecule has 0 unspecified atom stereocenters. The number of carbonyl (C=O) groups excluding carboxylic acids is 1. The van der Waals surface area contributed by atoms with Crippen LogP contribution in [0.15, 0.2) is 35.7 Å². The van der Waals surface area contributed by atoms with E-state index in [9.17, 15) is 26.7 Å². The number of likely N-dealkylation sites (N-methyl/N-ethyl adjacent to an activating group) is 1. The first-order chi connectivity index (χ1) is 19.6. The van der Waals surface area contributed by atoms with Gasteiger partial charge in [0, 0.05) is 51.6 Å². The molecule has 42 heavy (non-hydrogen) atoms. The second-order valence-electron chi connectivity index (χ2n) is 11.0. The molecule has 236 valence electrons. The number of hydrogen-bond donors (Lipinski definition) is 2. The van der Waals surface area contributed by atoms with Crippen LogP contribution < -0.4 is 9.46 Å². The van der Waals surface area contributed by atoms with Gasteiger partial charge in [-0.1, -0.05) is 6.92 Å². The molecule has 0 fully saturated rings. The van der Waals surface area contributed by atoms with Crippen LogP contribution in [-0.2, 0) is 31.8 Å². The summed E-state index contributed by atoms with van der Waals surface area (Å²) < 4.78 is 67.7. The van der Waals surface area contributed by atoms with E-state index in [4.69, 9.17) is 9.47 Å². The highest BCUT2D eigenvalue weighted by Crippen LogP contribution is 2.29. The molecule has 1 aromatic heterocycles. The summed E-state index contributed by atoms with van der Waals surface area (Å²) in [4.78, 5) is 19.5. The van der Waals surface area contributed by atoms with Crippen molar-refractivity contribution in [1.29, 1.82) is 0 Å². The van der Waals surface area contributed by atoms with Crippen LogP contribution in [0.5, 0.6) is 5.75 Å². The van der Waals surface area contributed by atoms with Gasteiger partial charge in [0.05, 0.1) is 43.0 Å². The number of fused-ring (bicyclic) bond motifs is 1. The molecule has 0 spiro atoms. The highest BCUT2D eigenvalue weighted by Gasteiger charge is 2.31. The summed E-state index contributed by atoms with van der Waals surface area (Å²) in [7, 11) is -4.35. The first-order valence-corrected chi connectivity index (χ1v) is 17.2. The summed E-state index contributed by atoms with van der Waals surface area (Å²) in [6, 6.07) is 3.89. The SMILES string of the molecule is C[C@@H]1CCCCO[C@@H](CN(C)S(C)(=O)=O)[C@@H](C)CN([C@H](C)CO)C(=O)c2cc(NS(=O)(=O)c3cn(C)cn3)ccc2O1. The molecular weight excluding hydrogens is 586 g/mol. The molecule has 0 saturated heterocycles. The number of aliphatic hydroxyl groups is 1. The van der Waals surface area contributed by atoms with Crippen LogP contribution in [0.25, 0.3) is 0 Å². The van der Waals surface area contributed by atoms with Crippen LogP contribution in [0.2, 0.25) is 0 Å². The van der Waals surface area contributed by atoms with Crippen molar-refractivity contribution in [3.63, 3.8) is 0 Å². The maximum Gasteiger partial charge on any atom is 0.280 e. The normalized spacial score (nSPS) is 22.2. The Kier molecular flexibility index (Phi) is 11.4. The number of amides is 1. The number of benzene rings is 1. The third-order valence-electron chi connectivity index (χ3n) is 7.26. The lowest BCUT2D eigenvalue weighted by Crippen LogP contribution is -2.47. The first-order valence-electron chi connectivity index (χ1n) is 13.9. The Bertz CT molecular complexity index is 1430. The highest BCUT2D eigenvalue weighted by molar-refractivity contribution is 7.92. The number of ether oxygens (including phenoxy) is 2. The number of carbonyl (C=O) groups is 1. The molecule has 2 heterocycles. The molecule has 3 rings (SSSR count). The second-order valence-corrected chi connectivity index (χ2v) is 14.8. The Balaban J connectivity index is 2.02. The summed E-state index contributed by atoms with van der Waals surface area (Å²) in [6.07, 6.45) is 5.27. The molecule has 2 N–H and O–H groups in total. The molecule has 1 aliphatic rings. The molecule has 15 heteroatoms. The Hall–Kier alpha value is -2.72. The molecular formula is C27H43N5O8S2. The zero-order chi connectivity index (χ0) is 31.2. The number of nitrogens with zero attached hydrogens (tertiary/aromatic N) is 4. The van der Waals surface area contributed by atoms with E-state index >= 15 is 0 Å². The third kappa shape index (κ3) is 8.89. The molecule has 2 aromatic rings. The molecule has 1 aromatic carbocycles. The number of sulfonamides is 2. The number of aromatic nitrogens is 2. The van der Waals surface area contributed by atoms with Crippen LogP contribution in [0.3, 0.4) is 0 Å². The monoisotopic (exact) mass is 629 g/mol.